The number of rotatable bonds is 2. The van der Waals surface area contributed by atoms with E-state index < -0.39 is 5.97 Å². The second-order valence-corrected chi connectivity index (χ2v) is 5.33. The number of aryl methyl sites for hydroxylation is 1. The zero-order chi connectivity index (χ0) is 13.3. The molecule has 4 nitrogen and oxygen atoms in total. The Morgan fingerprint density at radius 1 is 1.56 bits per heavy atom. The molecular formula is C14H19NO3. The van der Waals surface area contributed by atoms with Gasteiger partial charge in [0.2, 0.25) is 5.88 Å². The molecule has 0 amide bonds. The fourth-order valence-corrected chi connectivity index (χ4v) is 2.52. The Balaban J connectivity index is 2.46. The molecule has 0 saturated heterocycles. The second-order valence-electron chi connectivity index (χ2n) is 5.33. The van der Waals surface area contributed by atoms with E-state index in [1.165, 1.54) is 0 Å². The minimum atomic E-state index is -0.506. The third kappa shape index (κ3) is 2.19. The summed E-state index contributed by atoms with van der Waals surface area (Å²) in [5.74, 6) is -0.726. The van der Waals surface area contributed by atoms with Crippen LogP contribution in [0.25, 0.3) is 0 Å². The van der Waals surface area contributed by atoms with Crippen LogP contribution in [0, 0.1) is 0 Å². The largest absolute Gasteiger partial charge is 0.493 e. The molecule has 98 valence electrons. The lowest BCUT2D eigenvalue weighted by Gasteiger charge is -2.31. The first-order chi connectivity index (χ1) is 8.45. The van der Waals surface area contributed by atoms with Crippen LogP contribution in [0.4, 0.5) is 0 Å². The van der Waals surface area contributed by atoms with Gasteiger partial charge in [-0.15, -0.1) is 0 Å². The third-order valence-corrected chi connectivity index (χ3v) is 3.47. The topological polar surface area (TPSA) is 59.4 Å². The predicted octanol–water partition coefficient (Wildman–Crippen LogP) is 2.58. The van der Waals surface area contributed by atoms with Crippen molar-refractivity contribution in [3.05, 3.63) is 22.9 Å². The zero-order valence-corrected chi connectivity index (χ0v) is 11.1. The number of fused-ring (bicyclic) bond motifs is 1. The molecule has 1 N–H and O–H groups in total. The number of aromatic nitrogens is 1. The van der Waals surface area contributed by atoms with Gasteiger partial charge in [0.05, 0.1) is 12.3 Å². The predicted molar refractivity (Wildman–Crippen MR) is 67.8 cm³/mol. The average Bonchev–Trinajstić information content (AvgIpc) is 2.29. The van der Waals surface area contributed by atoms with Gasteiger partial charge in [-0.1, -0.05) is 13.8 Å². The molecule has 0 saturated carbocycles. The van der Waals surface area contributed by atoms with Crippen molar-refractivity contribution in [2.24, 2.45) is 0 Å². The lowest BCUT2D eigenvalue weighted by Crippen LogP contribution is -2.26. The number of pyridine rings is 1. The van der Waals surface area contributed by atoms with E-state index in [4.69, 9.17) is 4.74 Å². The highest BCUT2D eigenvalue weighted by molar-refractivity contribution is 5.92. The fraction of sp³-hybridized carbons (Fsp3) is 0.571. The van der Waals surface area contributed by atoms with Crippen molar-refractivity contribution in [3.63, 3.8) is 0 Å². The smallest absolute Gasteiger partial charge is 0.343 e. The molecule has 1 aromatic rings. The molecule has 1 aliphatic carbocycles. The van der Waals surface area contributed by atoms with Crippen molar-refractivity contribution in [1.29, 1.82) is 0 Å². The Bertz CT molecular complexity index is 480. The molecule has 0 aliphatic heterocycles. The second kappa shape index (κ2) is 4.59. The van der Waals surface area contributed by atoms with Crippen molar-refractivity contribution < 1.29 is 14.6 Å². The Morgan fingerprint density at radius 3 is 2.94 bits per heavy atom. The number of aromatic hydroxyl groups is 1. The fourth-order valence-electron chi connectivity index (χ4n) is 2.52. The molecule has 0 fully saturated rings. The van der Waals surface area contributed by atoms with Gasteiger partial charge in [-0.2, -0.15) is 0 Å². The van der Waals surface area contributed by atoms with Crippen molar-refractivity contribution in [1.82, 2.24) is 4.98 Å². The molecular weight excluding hydrogens is 230 g/mol. The lowest BCUT2D eigenvalue weighted by molar-refractivity contribution is 0.0521. The van der Waals surface area contributed by atoms with Gasteiger partial charge in [0, 0.05) is 5.41 Å². The highest BCUT2D eigenvalue weighted by Crippen LogP contribution is 2.37. The van der Waals surface area contributed by atoms with Crippen LogP contribution < -0.4 is 0 Å². The van der Waals surface area contributed by atoms with Gasteiger partial charge in [-0.25, -0.2) is 9.78 Å². The quantitative estimate of drug-likeness (QED) is 0.818. The van der Waals surface area contributed by atoms with E-state index in [-0.39, 0.29) is 16.9 Å². The normalized spacial score (nSPS) is 17.1. The Hall–Kier alpha value is -1.58. The highest BCUT2D eigenvalue weighted by Gasteiger charge is 2.31. The maximum atomic E-state index is 11.7. The molecule has 0 radical (unpaired) electrons. The van der Waals surface area contributed by atoms with Crippen LogP contribution in [-0.4, -0.2) is 22.7 Å². The molecule has 0 atom stereocenters. The summed E-state index contributed by atoms with van der Waals surface area (Å²) in [5, 5.41) is 9.88. The van der Waals surface area contributed by atoms with Crippen molar-refractivity contribution in [2.75, 3.05) is 6.61 Å². The summed E-state index contributed by atoms with van der Waals surface area (Å²) in [6.07, 6.45) is 3.03. The first-order valence-corrected chi connectivity index (χ1v) is 6.36. The van der Waals surface area contributed by atoms with Gasteiger partial charge in [-0.3, -0.25) is 0 Å². The molecule has 0 bridgehead atoms. The molecule has 18 heavy (non-hydrogen) atoms. The van der Waals surface area contributed by atoms with Crippen molar-refractivity contribution >= 4 is 5.97 Å². The van der Waals surface area contributed by atoms with Gasteiger partial charge < -0.3 is 9.84 Å². The summed E-state index contributed by atoms with van der Waals surface area (Å²) in [5.41, 5.74) is 2.08. The van der Waals surface area contributed by atoms with Crippen LogP contribution in [0.2, 0.25) is 0 Å². The average molecular weight is 249 g/mol. The minimum Gasteiger partial charge on any atom is -0.493 e. The monoisotopic (exact) mass is 249 g/mol. The van der Waals surface area contributed by atoms with Crippen LogP contribution in [-0.2, 0) is 16.6 Å². The number of nitrogens with zero attached hydrogens (tertiary/aromatic N) is 1. The van der Waals surface area contributed by atoms with Gasteiger partial charge in [0.25, 0.3) is 0 Å². The van der Waals surface area contributed by atoms with Crippen LogP contribution in [0.3, 0.4) is 0 Å². The molecule has 0 unspecified atom stereocenters. The Labute approximate surface area is 107 Å². The van der Waals surface area contributed by atoms with Crippen molar-refractivity contribution in [3.8, 4) is 5.88 Å². The highest BCUT2D eigenvalue weighted by atomic mass is 16.5. The van der Waals surface area contributed by atoms with E-state index in [1.54, 1.807) is 13.0 Å². The van der Waals surface area contributed by atoms with Crippen LogP contribution in [0.15, 0.2) is 6.07 Å². The van der Waals surface area contributed by atoms with Crippen LogP contribution >= 0.6 is 0 Å². The Morgan fingerprint density at radius 2 is 2.28 bits per heavy atom. The maximum Gasteiger partial charge on any atom is 0.343 e. The standard InChI is InChI=1S/C14H19NO3/c1-4-18-13(17)10-8-9-6-5-7-14(2,3)11(9)15-12(10)16/h8H,4-7H2,1-3H3,(H,15,16). The molecule has 0 aromatic carbocycles. The number of esters is 1. The van der Waals surface area contributed by atoms with Gasteiger partial charge in [0.1, 0.15) is 5.56 Å². The number of ether oxygens (including phenoxy) is 1. The van der Waals surface area contributed by atoms with E-state index in [0.717, 1.165) is 30.5 Å². The van der Waals surface area contributed by atoms with Crippen LogP contribution in [0.5, 0.6) is 5.88 Å². The maximum absolute atomic E-state index is 11.7. The first-order valence-electron chi connectivity index (χ1n) is 6.36. The van der Waals surface area contributed by atoms with Gasteiger partial charge >= 0.3 is 5.97 Å². The summed E-state index contributed by atoms with van der Waals surface area (Å²) in [7, 11) is 0. The van der Waals surface area contributed by atoms with Gasteiger partial charge in [-0.05, 0) is 37.8 Å². The van der Waals surface area contributed by atoms with E-state index in [1.807, 2.05) is 0 Å². The molecule has 1 aliphatic rings. The lowest BCUT2D eigenvalue weighted by atomic mass is 9.76. The third-order valence-electron chi connectivity index (χ3n) is 3.47. The first kappa shape index (κ1) is 12.9. The molecule has 2 rings (SSSR count). The van der Waals surface area contributed by atoms with E-state index in [9.17, 15) is 9.90 Å². The summed E-state index contributed by atoms with van der Waals surface area (Å²) in [4.78, 5) is 15.9. The SMILES string of the molecule is CCOC(=O)c1cc2c(nc1O)C(C)(C)CCC2. The number of hydrogen-bond donors (Lipinski definition) is 1. The molecule has 1 aromatic heterocycles. The molecule has 0 spiro atoms. The van der Waals surface area contributed by atoms with Gasteiger partial charge in [0.15, 0.2) is 0 Å². The van der Waals surface area contributed by atoms with E-state index in [0.29, 0.717) is 6.61 Å². The van der Waals surface area contributed by atoms with Crippen LogP contribution in [0.1, 0.15) is 55.2 Å². The number of hydrogen-bond acceptors (Lipinski definition) is 4. The zero-order valence-electron chi connectivity index (χ0n) is 11.1. The summed E-state index contributed by atoms with van der Waals surface area (Å²) in [6.45, 7) is 6.26. The summed E-state index contributed by atoms with van der Waals surface area (Å²) < 4.78 is 4.91. The molecule has 4 heteroatoms. The van der Waals surface area contributed by atoms with E-state index >= 15 is 0 Å². The van der Waals surface area contributed by atoms with Crippen molar-refractivity contribution in [2.45, 2.75) is 45.4 Å². The minimum absolute atomic E-state index is 0.0434. The number of carbonyl (C=O) groups excluding carboxylic acids is 1. The van der Waals surface area contributed by atoms with E-state index in [2.05, 4.69) is 18.8 Å². The molecule has 1 heterocycles. The summed E-state index contributed by atoms with van der Waals surface area (Å²) >= 11 is 0. The summed E-state index contributed by atoms with van der Waals surface area (Å²) in [6, 6.07) is 1.73. The number of carbonyl (C=O) groups is 1. The Kier molecular flexibility index (Phi) is 3.28.